The summed E-state index contributed by atoms with van der Waals surface area (Å²) in [6.45, 7) is 6.67. The summed E-state index contributed by atoms with van der Waals surface area (Å²) in [4.78, 5) is 35.3. The number of amides is 2. The van der Waals surface area contributed by atoms with Crippen LogP contribution in [0.2, 0.25) is 0 Å². The van der Waals surface area contributed by atoms with Crippen LogP contribution in [0.1, 0.15) is 76.8 Å². The Morgan fingerprint density at radius 3 is 2.14 bits per heavy atom. The van der Waals surface area contributed by atoms with Gasteiger partial charge in [0, 0.05) is 6.42 Å². The number of carbonyl (C=O) groups is 2. The molecule has 4 aliphatic rings. The van der Waals surface area contributed by atoms with Crippen LogP contribution in [0.4, 0.5) is 5.69 Å². The lowest BCUT2D eigenvalue weighted by atomic mass is 9.66. The average molecular weight is 576 g/mol. The summed E-state index contributed by atoms with van der Waals surface area (Å²) in [5.41, 5.74) is 2.64. The maximum Gasteiger partial charge on any atom is 0.286 e. The molecule has 2 heterocycles. The van der Waals surface area contributed by atoms with Crippen LogP contribution in [0, 0.1) is 16.7 Å². The predicted molar refractivity (Wildman–Crippen MR) is 168 cm³/mol. The summed E-state index contributed by atoms with van der Waals surface area (Å²) in [7, 11) is 0. The van der Waals surface area contributed by atoms with Gasteiger partial charge in [0.1, 0.15) is 0 Å². The number of hydrogen-bond acceptors (Lipinski definition) is 4. The Morgan fingerprint density at radius 1 is 0.953 bits per heavy atom. The van der Waals surface area contributed by atoms with Crippen molar-refractivity contribution in [2.45, 2.75) is 83.3 Å². The van der Waals surface area contributed by atoms with Crippen LogP contribution in [0.15, 0.2) is 96.2 Å². The van der Waals surface area contributed by atoms with Gasteiger partial charge in [0.15, 0.2) is 0 Å². The number of benzene rings is 3. The molecule has 2 bridgehead atoms. The number of rotatable bonds is 8. The van der Waals surface area contributed by atoms with Gasteiger partial charge in [-0.2, -0.15) is 0 Å². The first-order valence-corrected chi connectivity index (χ1v) is 15.9. The van der Waals surface area contributed by atoms with Crippen molar-refractivity contribution < 1.29 is 14.4 Å². The summed E-state index contributed by atoms with van der Waals surface area (Å²) in [5.74, 6) is 0.294. The maximum absolute atomic E-state index is 14.7. The van der Waals surface area contributed by atoms with Crippen LogP contribution in [0.25, 0.3) is 0 Å². The minimum Gasteiger partial charge on any atom is -0.382 e. The zero-order valence-electron chi connectivity index (χ0n) is 25.4. The minimum atomic E-state index is -0.792. The Kier molecular flexibility index (Phi) is 6.71. The van der Waals surface area contributed by atoms with Crippen molar-refractivity contribution in [3.05, 3.63) is 102 Å². The fourth-order valence-electron chi connectivity index (χ4n) is 8.98. The van der Waals surface area contributed by atoms with Gasteiger partial charge in [0.05, 0.1) is 28.3 Å². The second-order valence-electron chi connectivity index (χ2n) is 13.4. The number of oxime groups is 1. The molecule has 6 heteroatoms. The molecule has 0 aromatic heterocycles. The van der Waals surface area contributed by atoms with Crippen molar-refractivity contribution in [3.63, 3.8) is 0 Å². The molecule has 1 saturated heterocycles. The highest BCUT2D eigenvalue weighted by atomic mass is 16.6. The highest BCUT2D eigenvalue weighted by Gasteiger charge is 2.75. The fraction of sp³-hybridized carbons (Fsp3) is 0.432. The average Bonchev–Trinajstić information content (AvgIpc) is 3.76. The molecule has 0 radical (unpaired) electrons. The van der Waals surface area contributed by atoms with E-state index in [0.29, 0.717) is 12.3 Å². The summed E-state index contributed by atoms with van der Waals surface area (Å²) in [6, 6.07) is 30.5. The Labute approximate surface area is 254 Å². The van der Waals surface area contributed by atoms with Crippen LogP contribution < -0.4 is 5.01 Å². The quantitative estimate of drug-likeness (QED) is 0.283. The predicted octanol–water partition coefficient (Wildman–Crippen LogP) is 7.29. The summed E-state index contributed by atoms with van der Waals surface area (Å²) in [6.07, 6.45) is 5.18. The number of anilines is 1. The first-order valence-electron chi connectivity index (χ1n) is 15.9. The Morgan fingerprint density at radius 2 is 1.56 bits per heavy atom. The first kappa shape index (κ1) is 27.9. The Bertz CT molecular complexity index is 1500. The number of hydrogen-bond donors (Lipinski definition) is 0. The second kappa shape index (κ2) is 10.4. The molecule has 1 spiro atoms. The fourth-order valence-corrected chi connectivity index (χ4v) is 8.98. The van der Waals surface area contributed by atoms with E-state index in [1.54, 1.807) is 10.0 Å². The van der Waals surface area contributed by atoms with Crippen molar-refractivity contribution in [1.82, 2.24) is 5.01 Å². The molecule has 7 rings (SSSR count). The Balaban J connectivity index is 1.27. The smallest absolute Gasteiger partial charge is 0.286 e. The number of para-hydroxylation sites is 1. The third kappa shape index (κ3) is 3.87. The highest BCUT2D eigenvalue weighted by molar-refractivity contribution is 6.07. The van der Waals surface area contributed by atoms with Gasteiger partial charge in [0.25, 0.3) is 11.8 Å². The molecular formula is C37H41N3O3. The number of unbranched alkanes of at least 4 members (excludes halogenated alkanes) is 1. The van der Waals surface area contributed by atoms with Gasteiger partial charge in [-0.25, -0.2) is 10.0 Å². The van der Waals surface area contributed by atoms with Crippen LogP contribution in [-0.2, 0) is 19.8 Å². The highest BCUT2D eigenvalue weighted by Crippen LogP contribution is 2.70. The van der Waals surface area contributed by atoms with E-state index in [-0.39, 0.29) is 23.3 Å². The van der Waals surface area contributed by atoms with E-state index in [0.717, 1.165) is 61.1 Å². The number of nitrogens with zero attached hydrogens (tertiary/aromatic N) is 3. The molecule has 3 aromatic carbocycles. The van der Waals surface area contributed by atoms with Gasteiger partial charge in [-0.1, -0.05) is 118 Å². The van der Waals surface area contributed by atoms with E-state index in [1.807, 2.05) is 42.5 Å². The van der Waals surface area contributed by atoms with Crippen molar-refractivity contribution in [1.29, 1.82) is 0 Å². The van der Waals surface area contributed by atoms with E-state index in [4.69, 9.17) is 9.99 Å². The van der Waals surface area contributed by atoms with E-state index < -0.39 is 16.9 Å². The van der Waals surface area contributed by atoms with Crippen molar-refractivity contribution in [2.75, 3.05) is 5.01 Å². The molecule has 3 unspecified atom stereocenters. The molecular weight excluding hydrogens is 534 g/mol. The van der Waals surface area contributed by atoms with Gasteiger partial charge in [-0.3, -0.25) is 9.59 Å². The summed E-state index contributed by atoms with van der Waals surface area (Å²) >= 11 is 0. The zero-order chi connectivity index (χ0) is 29.8. The van der Waals surface area contributed by atoms with E-state index >= 15 is 0 Å². The molecule has 43 heavy (non-hydrogen) atoms. The van der Waals surface area contributed by atoms with Gasteiger partial charge in [-0.05, 0) is 60.3 Å². The Hall–Kier alpha value is -3.93. The standard InChI is InChI=1S/C37H41N3O3/c1-4-5-22-36(26-15-9-6-10-16-26,27-17-11-7-12-18-27)31-25-30(43-38-31)33(41)40-32-24-28-21-23-37(32,35(28,2)3)34(42)39(40)29-19-13-8-14-20-29/h6-20,28,30,32H,4-5,21-25H2,1-3H3/t28?,30-,32?,37?/m1/s1. The van der Waals surface area contributed by atoms with Crippen LogP contribution >= 0.6 is 0 Å². The normalized spacial score (nSPS) is 27.3. The van der Waals surface area contributed by atoms with Gasteiger partial charge in [-0.15, -0.1) is 0 Å². The van der Waals surface area contributed by atoms with Crippen LogP contribution in [-0.4, -0.2) is 34.7 Å². The molecule has 3 fully saturated rings. The largest absolute Gasteiger partial charge is 0.382 e. The molecule has 4 atom stereocenters. The van der Waals surface area contributed by atoms with Crippen LogP contribution in [0.3, 0.4) is 0 Å². The number of fused-ring (bicyclic) bond motifs is 1. The zero-order valence-corrected chi connectivity index (χ0v) is 25.4. The van der Waals surface area contributed by atoms with Gasteiger partial charge in [0.2, 0.25) is 6.10 Å². The van der Waals surface area contributed by atoms with E-state index in [9.17, 15) is 9.59 Å². The maximum atomic E-state index is 14.7. The minimum absolute atomic E-state index is 0.0482. The number of carbonyl (C=O) groups excluding carboxylic acids is 2. The van der Waals surface area contributed by atoms with E-state index in [2.05, 4.69) is 69.3 Å². The van der Waals surface area contributed by atoms with Crippen molar-refractivity contribution >= 4 is 23.2 Å². The third-order valence-electron chi connectivity index (χ3n) is 11.3. The lowest BCUT2D eigenvalue weighted by Gasteiger charge is -2.36. The third-order valence-corrected chi connectivity index (χ3v) is 11.3. The van der Waals surface area contributed by atoms with Gasteiger partial charge < -0.3 is 4.84 Å². The molecule has 2 saturated carbocycles. The summed E-state index contributed by atoms with van der Waals surface area (Å²) in [5, 5.41) is 8.19. The number of hydrazine groups is 1. The molecule has 2 aliphatic heterocycles. The van der Waals surface area contributed by atoms with Crippen LogP contribution in [0.5, 0.6) is 0 Å². The molecule has 2 amide bonds. The van der Waals surface area contributed by atoms with E-state index in [1.165, 1.54) is 0 Å². The molecule has 0 N–H and O–H groups in total. The second-order valence-corrected chi connectivity index (χ2v) is 13.4. The van der Waals surface area contributed by atoms with Crippen molar-refractivity contribution in [2.24, 2.45) is 21.9 Å². The first-order chi connectivity index (χ1) is 20.9. The summed E-state index contributed by atoms with van der Waals surface area (Å²) < 4.78 is 0. The van der Waals surface area contributed by atoms with Gasteiger partial charge >= 0.3 is 0 Å². The molecule has 3 aromatic rings. The lowest BCUT2D eigenvalue weighted by molar-refractivity contribution is -0.145. The molecule has 222 valence electrons. The molecule has 2 aliphatic carbocycles. The molecule has 6 nitrogen and oxygen atoms in total. The topological polar surface area (TPSA) is 62.2 Å². The SMILES string of the molecule is CCCCC(C1=NO[C@@H](C(=O)N2C3CC4CCC3(C(=O)N2c2ccccc2)C4(C)C)C1)(c1ccccc1)c1ccccc1. The monoisotopic (exact) mass is 575 g/mol. The van der Waals surface area contributed by atoms with Crippen molar-refractivity contribution in [3.8, 4) is 0 Å². The lowest BCUT2D eigenvalue weighted by Crippen LogP contribution is -2.52.